The van der Waals surface area contributed by atoms with Gasteiger partial charge in [-0.05, 0) is 35.9 Å². The van der Waals surface area contributed by atoms with Crippen LogP contribution in [0.4, 0.5) is 0 Å². The van der Waals surface area contributed by atoms with Crippen molar-refractivity contribution >= 4 is 33.2 Å². The first-order chi connectivity index (χ1) is 12.9. The largest absolute Gasteiger partial charge is 0.465 e. The third kappa shape index (κ3) is 4.20. The predicted molar refractivity (Wildman–Crippen MR) is 101 cm³/mol. The van der Waals surface area contributed by atoms with E-state index in [0.29, 0.717) is 0 Å². The summed E-state index contributed by atoms with van der Waals surface area (Å²) >= 11 is 1.11. The topological polar surface area (TPSA) is 92.8 Å². The Bertz CT molecular complexity index is 925. The van der Waals surface area contributed by atoms with Gasteiger partial charge in [-0.25, -0.2) is 8.42 Å². The summed E-state index contributed by atoms with van der Waals surface area (Å²) in [5.74, 6) is -1.08. The molecule has 0 radical (unpaired) electrons. The van der Waals surface area contributed by atoms with Crippen LogP contribution in [0.15, 0.2) is 46.0 Å². The summed E-state index contributed by atoms with van der Waals surface area (Å²) in [6, 6.07) is 9.70. The van der Waals surface area contributed by atoms with E-state index in [-0.39, 0.29) is 30.3 Å². The van der Waals surface area contributed by atoms with Gasteiger partial charge in [0.25, 0.3) is 10.0 Å². The maximum Gasteiger partial charge on any atom is 0.325 e. The number of amides is 1. The average molecular weight is 409 g/mol. The van der Waals surface area contributed by atoms with Crippen molar-refractivity contribution in [1.29, 1.82) is 0 Å². The molecule has 0 aliphatic carbocycles. The summed E-state index contributed by atoms with van der Waals surface area (Å²) in [5, 5.41) is 4.18. The number of hydrogen-bond acceptors (Lipinski definition) is 6. The zero-order valence-electron chi connectivity index (χ0n) is 14.8. The molecule has 0 bridgehead atoms. The monoisotopic (exact) mass is 408 g/mol. The lowest BCUT2D eigenvalue weighted by atomic mass is 9.95. The molecule has 2 aromatic rings. The predicted octanol–water partition coefficient (Wildman–Crippen LogP) is 1.54. The minimum atomic E-state index is -3.83. The SMILES string of the molecule is CCOC(=O)CNC(=O)[C@H]1Cc2ccccc2CN1S(=O)(=O)c1cccs1. The third-order valence-corrected chi connectivity index (χ3v) is 7.51. The van der Waals surface area contributed by atoms with Crippen molar-refractivity contribution in [2.24, 2.45) is 0 Å². The summed E-state index contributed by atoms with van der Waals surface area (Å²) in [4.78, 5) is 24.2. The normalized spacial score (nSPS) is 17.1. The molecule has 0 spiro atoms. The quantitative estimate of drug-likeness (QED) is 0.732. The molecule has 9 heteroatoms. The fourth-order valence-corrected chi connectivity index (χ4v) is 5.67. The minimum absolute atomic E-state index is 0.105. The summed E-state index contributed by atoms with van der Waals surface area (Å²) in [6.07, 6.45) is 0.245. The molecule has 1 aliphatic heterocycles. The van der Waals surface area contributed by atoms with Gasteiger partial charge in [-0.15, -0.1) is 11.3 Å². The fraction of sp³-hybridized carbons (Fsp3) is 0.333. The number of esters is 1. The molecular formula is C18H20N2O5S2. The third-order valence-electron chi connectivity index (χ3n) is 4.28. The van der Waals surface area contributed by atoms with Gasteiger partial charge in [-0.3, -0.25) is 9.59 Å². The van der Waals surface area contributed by atoms with Gasteiger partial charge in [0.1, 0.15) is 16.8 Å². The second kappa shape index (κ2) is 8.20. The highest BCUT2D eigenvalue weighted by Crippen LogP contribution is 2.30. The first-order valence-corrected chi connectivity index (χ1v) is 10.8. The lowest BCUT2D eigenvalue weighted by molar-refractivity contribution is -0.143. The number of carbonyl (C=O) groups is 2. The van der Waals surface area contributed by atoms with Crippen molar-refractivity contribution in [2.45, 2.75) is 30.1 Å². The molecule has 3 rings (SSSR count). The lowest BCUT2D eigenvalue weighted by Gasteiger charge is -2.34. The molecule has 1 atom stereocenters. The van der Waals surface area contributed by atoms with E-state index in [1.807, 2.05) is 24.3 Å². The van der Waals surface area contributed by atoms with Crippen molar-refractivity contribution in [3.63, 3.8) is 0 Å². The van der Waals surface area contributed by atoms with E-state index in [0.717, 1.165) is 22.5 Å². The van der Waals surface area contributed by atoms with Crippen LogP contribution in [-0.4, -0.2) is 43.8 Å². The Labute approximate surface area is 162 Å². The number of rotatable bonds is 6. The Morgan fingerprint density at radius 3 is 2.63 bits per heavy atom. The molecule has 144 valence electrons. The van der Waals surface area contributed by atoms with Crippen LogP contribution in [0.25, 0.3) is 0 Å². The van der Waals surface area contributed by atoms with Gasteiger partial charge in [-0.2, -0.15) is 4.31 Å². The van der Waals surface area contributed by atoms with E-state index in [1.54, 1.807) is 18.4 Å². The molecule has 1 aliphatic rings. The highest BCUT2D eigenvalue weighted by molar-refractivity contribution is 7.91. The highest BCUT2D eigenvalue weighted by atomic mass is 32.2. The fourth-order valence-electron chi connectivity index (χ4n) is 2.99. The van der Waals surface area contributed by atoms with Crippen LogP contribution < -0.4 is 5.32 Å². The summed E-state index contributed by atoms with van der Waals surface area (Å²) < 4.78 is 32.4. The zero-order valence-corrected chi connectivity index (χ0v) is 16.4. The van der Waals surface area contributed by atoms with E-state index in [9.17, 15) is 18.0 Å². The van der Waals surface area contributed by atoms with E-state index in [1.165, 1.54) is 10.4 Å². The van der Waals surface area contributed by atoms with Gasteiger partial charge >= 0.3 is 5.97 Å². The standard InChI is InChI=1S/C18H20N2O5S2/c1-2-25-16(21)11-19-18(22)15-10-13-6-3-4-7-14(13)12-20(15)27(23,24)17-8-5-9-26-17/h3-9,15H,2,10-12H2,1H3,(H,19,22)/t15-/m1/s1. The number of benzene rings is 1. The van der Waals surface area contributed by atoms with Gasteiger partial charge in [0.05, 0.1) is 6.61 Å². The van der Waals surface area contributed by atoms with E-state index >= 15 is 0 Å². The molecule has 27 heavy (non-hydrogen) atoms. The van der Waals surface area contributed by atoms with Crippen molar-refractivity contribution < 1.29 is 22.7 Å². The van der Waals surface area contributed by atoms with Crippen LogP contribution in [-0.2, 0) is 37.3 Å². The molecule has 0 fully saturated rings. The lowest BCUT2D eigenvalue weighted by Crippen LogP contribution is -2.53. The van der Waals surface area contributed by atoms with Crippen molar-refractivity contribution in [3.05, 3.63) is 52.9 Å². The van der Waals surface area contributed by atoms with Gasteiger partial charge in [0, 0.05) is 6.54 Å². The Morgan fingerprint density at radius 1 is 1.22 bits per heavy atom. The van der Waals surface area contributed by atoms with Crippen LogP contribution in [0, 0.1) is 0 Å². The molecule has 0 saturated carbocycles. The molecule has 1 amide bonds. The van der Waals surface area contributed by atoms with Gasteiger partial charge in [-0.1, -0.05) is 30.3 Å². The number of nitrogens with one attached hydrogen (secondary N) is 1. The number of nitrogens with zero attached hydrogens (tertiary/aromatic N) is 1. The Balaban J connectivity index is 1.88. The van der Waals surface area contributed by atoms with E-state index in [2.05, 4.69) is 5.32 Å². The Hall–Kier alpha value is -2.23. The van der Waals surface area contributed by atoms with Crippen molar-refractivity contribution in [1.82, 2.24) is 9.62 Å². The summed E-state index contributed by atoms with van der Waals surface area (Å²) in [7, 11) is -3.83. The van der Waals surface area contributed by atoms with E-state index < -0.39 is 27.9 Å². The van der Waals surface area contributed by atoms with Gasteiger partial charge in [0.15, 0.2) is 0 Å². The number of carbonyl (C=O) groups excluding carboxylic acids is 2. The Kier molecular flexibility index (Phi) is 5.93. The second-order valence-corrected chi connectivity index (χ2v) is 9.06. The molecular weight excluding hydrogens is 388 g/mol. The number of sulfonamides is 1. The molecule has 0 unspecified atom stereocenters. The first kappa shape index (κ1) is 19.5. The maximum atomic E-state index is 13.1. The van der Waals surface area contributed by atoms with Crippen LogP contribution in [0.3, 0.4) is 0 Å². The van der Waals surface area contributed by atoms with Crippen molar-refractivity contribution in [3.8, 4) is 0 Å². The molecule has 2 heterocycles. The summed E-state index contributed by atoms with van der Waals surface area (Å²) in [5.41, 5.74) is 1.79. The average Bonchev–Trinajstić information content (AvgIpc) is 3.21. The number of fused-ring (bicyclic) bond motifs is 1. The minimum Gasteiger partial charge on any atom is -0.465 e. The van der Waals surface area contributed by atoms with Crippen LogP contribution in [0.1, 0.15) is 18.1 Å². The van der Waals surface area contributed by atoms with Crippen LogP contribution >= 0.6 is 11.3 Å². The summed E-state index contributed by atoms with van der Waals surface area (Å²) in [6.45, 7) is 1.70. The molecule has 0 saturated heterocycles. The van der Waals surface area contributed by atoms with Crippen LogP contribution in [0.2, 0.25) is 0 Å². The number of ether oxygens (including phenoxy) is 1. The molecule has 1 N–H and O–H groups in total. The smallest absolute Gasteiger partial charge is 0.325 e. The maximum absolute atomic E-state index is 13.1. The number of thiophene rings is 1. The van der Waals surface area contributed by atoms with Crippen molar-refractivity contribution in [2.75, 3.05) is 13.2 Å². The molecule has 1 aromatic heterocycles. The molecule has 1 aromatic carbocycles. The zero-order chi connectivity index (χ0) is 19.4. The van der Waals surface area contributed by atoms with E-state index in [4.69, 9.17) is 4.74 Å². The first-order valence-electron chi connectivity index (χ1n) is 8.49. The highest BCUT2D eigenvalue weighted by Gasteiger charge is 2.40. The number of hydrogen-bond donors (Lipinski definition) is 1. The molecule has 7 nitrogen and oxygen atoms in total. The van der Waals surface area contributed by atoms with Gasteiger partial charge in [0.2, 0.25) is 5.91 Å². The van der Waals surface area contributed by atoms with Gasteiger partial charge < -0.3 is 10.1 Å². The van der Waals surface area contributed by atoms with Crippen LogP contribution in [0.5, 0.6) is 0 Å². The second-order valence-electron chi connectivity index (χ2n) is 5.99. The Morgan fingerprint density at radius 2 is 1.96 bits per heavy atom.